The molecule has 1 aromatic heterocycles. The molecular weight excluding hydrogens is 310 g/mol. The highest BCUT2D eigenvalue weighted by atomic mass is 15.2. The van der Waals surface area contributed by atoms with Crippen LogP contribution < -0.4 is 15.5 Å². The molecule has 1 saturated heterocycles. The second-order valence-corrected chi connectivity index (χ2v) is 6.52. The molecule has 5 nitrogen and oxygen atoms in total. The van der Waals surface area contributed by atoms with Crippen LogP contribution in [0.5, 0.6) is 0 Å². The Morgan fingerprint density at radius 3 is 2.84 bits per heavy atom. The Kier molecular flexibility index (Phi) is 5.88. The van der Waals surface area contributed by atoms with Gasteiger partial charge in [0.15, 0.2) is 5.96 Å². The molecule has 0 aliphatic carbocycles. The SMILES string of the molecule is CN=C(NCCc1cccnc1)NC1CCN(c2ccc(C)cc2)C1. The van der Waals surface area contributed by atoms with Crippen LogP contribution in [0.4, 0.5) is 5.69 Å². The van der Waals surface area contributed by atoms with E-state index in [0.29, 0.717) is 6.04 Å². The maximum absolute atomic E-state index is 4.35. The Morgan fingerprint density at radius 2 is 2.12 bits per heavy atom. The van der Waals surface area contributed by atoms with Crippen molar-refractivity contribution in [1.29, 1.82) is 0 Å². The number of guanidine groups is 1. The molecule has 0 spiro atoms. The Bertz CT molecular complexity index is 681. The second-order valence-electron chi connectivity index (χ2n) is 6.52. The van der Waals surface area contributed by atoms with Gasteiger partial charge in [0.2, 0.25) is 0 Å². The fourth-order valence-electron chi connectivity index (χ4n) is 3.13. The molecule has 1 aliphatic rings. The van der Waals surface area contributed by atoms with Crippen molar-refractivity contribution in [3.8, 4) is 0 Å². The normalized spacial score (nSPS) is 17.6. The number of nitrogens with one attached hydrogen (secondary N) is 2. The van der Waals surface area contributed by atoms with Gasteiger partial charge >= 0.3 is 0 Å². The first-order valence-electron chi connectivity index (χ1n) is 8.92. The van der Waals surface area contributed by atoms with Crippen molar-refractivity contribution in [1.82, 2.24) is 15.6 Å². The van der Waals surface area contributed by atoms with Gasteiger partial charge in [-0.1, -0.05) is 23.8 Å². The third-order valence-corrected chi connectivity index (χ3v) is 4.58. The smallest absolute Gasteiger partial charge is 0.191 e. The number of aliphatic imine (C=N–C) groups is 1. The van der Waals surface area contributed by atoms with Crippen molar-refractivity contribution in [3.63, 3.8) is 0 Å². The van der Waals surface area contributed by atoms with Crippen LogP contribution in [0.15, 0.2) is 53.8 Å². The zero-order valence-corrected chi connectivity index (χ0v) is 15.1. The van der Waals surface area contributed by atoms with Crippen LogP contribution in [0.1, 0.15) is 17.5 Å². The summed E-state index contributed by atoms with van der Waals surface area (Å²) in [4.78, 5) is 10.9. The molecule has 2 aromatic rings. The molecule has 1 unspecified atom stereocenters. The summed E-state index contributed by atoms with van der Waals surface area (Å²) < 4.78 is 0. The van der Waals surface area contributed by atoms with Gasteiger partial charge in [0.1, 0.15) is 0 Å². The van der Waals surface area contributed by atoms with Crippen LogP contribution in [0.25, 0.3) is 0 Å². The van der Waals surface area contributed by atoms with E-state index in [2.05, 4.69) is 62.8 Å². The first kappa shape index (κ1) is 17.3. The number of nitrogens with zero attached hydrogens (tertiary/aromatic N) is 3. The second kappa shape index (κ2) is 8.51. The number of hydrogen-bond acceptors (Lipinski definition) is 3. The molecule has 25 heavy (non-hydrogen) atoms. The molecule has 1 aromatic carbocycles. The van der Waals surface area contributed by atoms with Crippen LogP contribution in [0.2, 0.25) is 0 Å². The summed E-state index contributed by atoms with van der Waals surface area (Å²) in [6, 6.07) is 13.3. The minimum absolute atomic E-state index is 0.422. The Morgan fingerprint density at radius 1 is 1.28 bits per heavy atom. The van der Waals surface area contributed by atoms with E-state index in [0.717, 1.165) is 38.4 Å². The van der Waals surface area contributed by atoms with E-state index in [1.807, 2.05) is 19.3 Å². The maximum atomic E-state index is 4.35. The predicted molar refractivity (Wildman–Crippen MR) is 104 cm³/mol. The molecule has 2 heterocycles. The van der Waals surface area contributed by atoms with E-state index >= 15 is 0 Å². The number of anilines is 1. The lowest BCUT2D eigenvalue weighted by Gasteiger charge is -2.20. The minimum Gasteiger partial charge on any atom is -0.369 e. The molecule has 0 amide bonds. The van der Waals surface area contributed by atoms with Gasteiger partial charge in [0.25, 0.3) is 0 Å². The lowest BCUT2D eigenvalue weighted by Crippen LogP contribution is -2.45. The zero-order valence-electron chi connectivity index (χ0n) is 15.1. The predicted octanol–water partition coefficient (Wildman–Crippen LogP) is 2.38. The fourth-order valence-corrected chi connectivity index (χ4v) is 3.13. The Hall–Kier alpha value is -2.56. The van der Waals surface area contributed by atoms with Gasteiger partial charge in [-0.25, -0.2) is 0 Å². The van der Waals surface area contributed by atoms with Crippen molar-refractivity contribution < 1.29 is 0 Å². The Balaban J connectivity index is 1.45. The number of rotatable bonds is 5. The summed E-state index contributed by atoms with van der Waals surface area (Å²) >= 11 is 0. The monoisotopic (exact) mass is 337 g/mol. The lowest BCUT2D eigenvalue weighted by molar-refractivity contribution is 0.648. The summed E-state index contributed by atoms with van der Waals surface area (Å²) in [5.41, 5.74) is 3.84. The lowest BCUT2D eigenvalue weighted by atomic mass is 10.2. The van der Waals surface area contributed by atoms with E-state index in [4.69, 9.17) is 0 Å². The third kappa shape index (κ3) is 4.95. The quantitative estimate of drug-likeness (QED) is 0.650. The Labute approximate surface area is 150 Å². The highest BCUT2D eigenvalue weighted by Crippen LogP contribution is 2.20. The zero-order chi connectivity index (χ0) is 17.5. The summed E-state index contributed by atoms with van der Waals surface area (Å²) in [6.07, 6.45) is 5.78. The van der Waals surface area contributed by atoms with Crippen LogP contribution in [-0.4, -0.2) is 43.7 Å². The van der Waals surface area contributed by atoms with E-state index < -0.39 is 0 Å². The number of aryl methyl sites for hydroxylation is 1. The molecule has 1 aliphatic heterocycles. The summed E-state index contributed by atoms with van der Waals surface area (Å²) in [5, 5.41) is 6.94. The van der Waals surface area contributed by atoms with E-state index in [-0.39, 0.29) is 0 Å². The highest BCUT2D eigenvalue weighted by molar-refractivity contribution is 5.80. The number of aromatic nitrogens is 1. The number of pyridine rings is 1. The molecule has 132 valence electrons. The number of benzene rings is 1. The minimum atomic E-state index is 0.422. The van der Waals surface area contributed by atoms with Crippen LogP contribution in [0, 0.1) is 6.92 Å². The van der Waals surface area contributed by atoms with Crippen LogP contribution in [-0.2, 0) is 6.42 Å². The van der Waals surface area contributed by atoms with Gasteiger partial charge in [-0.3, -0.25) is 9.98 Å². The third-order valence-electron chi connectivity index (χ3n) is 4.58. The summed E-state index contributed by atoms with van der Waals surface area (Å²) in [7, 11) is 1.83. The van der Waals surface area contributed by atoms with Crippen molar-refractivity contribution in [3.05, 3.63) is 59.9 Å². The fraction of sp³-hybridized carbons (Fsp3) is 0.400. The molecule has 1 fully saturated rings. The molecule has 2 N–H and O–H groups in total. The van der Waals surface area contributed by atoms with Crippen molar-refractivity contribution in [2.24, 2.45) is 4.99 Å². The van der Waals surface area contributed by atoms with Crippen LogP contribution >= 0.6 is 0 Å². The van der Waals surface area contributed by atoms with Crippen molar-refractivity contribution in [2.75, 3.05) is 31.6 Å². The van der Waals surface area contributed by atoms with E-state index in [1.165, 1.54) is 16.8 Å². The highest BCUT2D eigenvalue weighted by Gasteiger charge is 2.23. The van der Waals surface area contributed by atoms with Gasteiger partial charge in [-0.2, -0.15) is 0 Å². The molecule has 5 heteroatoms. The maximum Gasteiger partial charge on any atom is 0.191 e. The van der Waals surface area contributed by atoms with Crippen molar-refractivity contribution >= 4 is 11.6 Å². The number of hydrogen-bond donors (Lipinski definition) is 2. The standard InChI is InChI=1S/C20H27N5/c1-16-5-7-19(8-6-16)25-13-10-18(15-25)24-20(21-2)23-12-9-17-4-3-11-22-14-17/h3-8,11,14,18H,9-10,12-13,15H2,1-2H3,(H2,21,23,24). The van der Waals surface area contributed by atoms with Gasteiger partial charge in [-0.05, 0) is 43.5 Å². The summed E-state index contributed by atoms with van der Waals surface area (Å²) in [5.74, 6) is 0.875. The largest absolute Gasteiger partial charge is 0.369 e. The topological polar surface area (TPSA) is 52.6 Å². The molecule has 0 bridgehead atoms. The molecule has 3 rings (SSSR count). The van der Waals surface area contributed by atoms with Gasteiger partial charge < -0.3 is 15.5 Å². The van der Waals surface area contributed by atoms with Crippen LogP contribution in [0.3, 0.4) is 0 Å². The molecule has 1 atom stereocenters. The van der Waals surface area contributed by atoms with Gasteiger partial charge in [0, 0.05) is 50.8 Å². The van der Waals surface area contributed by atoms with Crippen molar-refractivity contribution in [2.45, 2.75) is 25.8 Å². The summed E-state index contributed by atoms with van der Waals surface area (Å²) in [6.45, 7) is 5.05. The average molecular weight is 337 g/mol. The van der Waals surface area contributed by atoms with Gasteiger partial charge in [0.05, 0.1) is 0 Å². The first-order valence-corrected chi connectivity index (χ1v) is 8.92. The molecule has 0 radical (unpaired) electrons. The van der Waals surface area contributed by atoms with E-state index in [9.17, 15) is 0 Å². The first-order chi connectivity index (χ1) is 12.2. The average Bonchev–Trinajstić information content (AvgIpc) is 3.11. The van der Waals surface area contributed by atoms with E-state index in [1.54, 1.807) is 6.20 Å². The molecule has 0 saturated carbocycles. The molecular formula is C20H27N5. The van der Waals surface area contributed by atoms with Gasteiger partial charge in [-0.15, -0.1) is 0 Å².